The van der Waals surface area contributed by atoms with Gasteiger partial charge in [0, 0.05) is 5.56 Å². The number of benzene rings is 1. The first-order chi connectivity index (χ1) is 9.52. The summed E-state index contributed by atoms with van der Waals surface area (Å²) in [5, 5.41) is 9.20. The summed E-state index contributed by atoms with van der Waals surface area (Å²) in [6.45, 7) is 3.87. The van der Waals surface area contributed by atoms with Crippen LogP contribution in [0.2, 0.25) is 0 Å². The normalized spacial score (nSPS) is 10.6. The van der Waals surface area contributed by atoms with Crippen LogP contribution in [0.15, 0.2) is 36.4 Å². The van der Waals surface area contributed by atoms with Crippen LogP contribution in [0.5, 0.6) is 5.75 Å². The standard InChI is InChI=1S/C16H17NO3/c1-10(2)15-13(16(18)19)7-8-14(17-15)11-5-4-6-12(9-11)20-3/h4-10H,1-3H3,(H,18,19). The number of aromatic carboxylic acids is 1. The highest BCUT2D eigenvalue weighted by atomic mass is 16.5. The van der Waals surface area contributed by atoms with E-state index in [9.17, 15) is 9.90 Å². The van der Waals surface area contributed by atoms with Crippen molar-refractivity contribution in [2.45, 2.75) is 19.8 Å². The van der Waals surface area contributed by atoms with Crippen molar-refractivity contribution < 1.29 is 14.6 Å². The van der Waals surface area contributed by atoms with Crippen molar-refractivity contribution in [2.75, 3.05) is 7.11 Å². The fraction of sp³-hybridized carbons (Fsp3) is 0.250. The van der Waals surface area contributed by atoms with Gasteiger partial charge in [-0.1, -0.05) is 26.0 Å². The molecule has 4 heteroatoms. The van der Waals surface area contributed by atoms with E-state index < -0.39 is 5.97 Å². The third-order valence-corrected chi connectivity index (χ3v) is 3.07. The van der Waals surface area contributed by atoms with Crippen molar-refractivity contribution >= 4 is 5.97 Å². The lowest BCUT2D eigenvalue weighted by Gasteiger charge is -2.11. The fourth-order valence-corrected chi connectivity index (χ4v) is 2.04. The van der Waals surface area contributed by atoms with E-state index in [4.69, 9.17) is 4.74 Å². The summed E-state index contributed by atoms with van der Waals surface area (Å²) in [7, 11) is 1.61. The number of carboxylic acids is 1. The van der Waals surface area contributed by atoms with Crippen molar-refractivity contribution in [3.8, 4) is 17.0 Å². The molecule has 0 bridgehead atoms. The smallest absolute Gasteiger partial charge is 0.337 e. The quantitative estimate of drug-likeness (QED) is 0.923. The van der Waals surface area contributed by atoms with Gasteiger partial charge in [-0.25, -0.2) is 4.79 Å². The molecule has 1 aromatic carbocycles. The summed E-state index contributed by atoms with van der Waals surface area (Å²) in [4.78, 5) is 15.7. The maximum absolute atomic E-state index is 11.2. The van der Waals surface area contributed by atoms with Crippen molar-refractivity contribution in [3.63, 3.8) is 0 Å². The monoisotopic (exact) mass is 271 g/mol. The maximum Gasteiger partial charge on any atom is 0.337 e. The number of nitrogens with zero attached hydrogens (tertiary/aromatic N) is 1. The molecular weight excluding hydrogens is 254 g/mol. The van der Waals surface area contributed by atoms with E-state index in [1.165, 1.54) is 0 Å². The van der Waals surface area contributed by atoms with Gasteiger partial charge < -0.3 is 9.84 Å². The molecule has 1 aromatic heterocycles. The molecule has 0 spiro atoms. The molecular formula is C16H17NO3. The number of hydrogen-bond donors (Lipinski definition) is 1. The van der Waals surface area contributed by atoms with Gasteiger partial charge in [0.25, 0.3) is 0 Å². The number of carbonyl (C=O) groups is 1. The Kier molecular flexibility index (Phi) is 4.03. The van der Waals surface area contributed by atoms with Crippen LogP contribution in [0.3, 0.4) is 0 Å². The third-order valence-electron chi connectivity index (χ3n) is 3.07. The lowest BCUT2D eigenvalue weighted by atomic mass is 10.0. The van der Waals surface area contributed by atoms with Gasteiger partial charge in [0.05, 0.1) is 24.1 Å². The summed E-state index contributed by atoms with van der Waals surface area (Å²) in [6, 6.07) is 10.9. The second-order valence-electron chi connectivity index (χ2n) is 4.82. The van der Waals surface area contributed by atoms with Crippen molar-refractivity contribution in [3.05, 3.63) is 47.7 Å². The van der Waals surface area contributed by atoms with Crippen LogP contribution < -0.4 is 4.74 Å². The summed E-state index contributed by atoms with van der Waals surface area (Å²) in [5.74, 6) is -0.150. The minimum Gasteiger partial charge on any atom is -0.497 e. The summed E-state index contributed by atoms with van der Waals surface area (Å²) >= 11 is 0. The van der Waals surface area contributed by atoms with Gasteiger partial charge in [0.15, 0.2) is 0 Å². The second kappa shape index (κ2) is 5.74. The number of carboxylic acid groups (broad SMARTS) is 1. The second-order valence-corrected chi connectivity index (χ2v) is 4.82. The van der Waals surface area contributed by atoms with E-state index in [0.29, 0.717) is 5.69 Å². The van der Waals surface area contributed by atoms with Gasteiger partial charge in [0.1, 0.15) is 5.75 Å². The van der Waals surface area contributed by atoms with Crippen LogP contribution in [0.25, 0.3) is 11.3 Å². The number of hydrogen-bond acceptors (Lipinski definition) is 3. The van der Waals surface area contributed by atoms with Crippen LogP contribution in [0.4, 0.5) is 0 Å². The third kappa shape index (κ3) is 2.79. The molecule has 0 aliphatic carbocycles. The number of rotatable bonds is 4. The zero-order chi connectivity index (χ0) is 14.7. The molecule has 104 valence electrons. The Balaban J connectivity index is 2.52. The average Bonchev–Trinajstić information content (AvgIpc) is 2.46. The highest BCUT2D eigenvalue weighted by Crippen LogP contribution is 2.26. The van der Waals surface area contributed by atoms with E-state index in [2.05, 4.69) is 4.98 Å². The van der Waals surface area contributed by atoms with Crippen LogP contribution in [0.1, 0.15) is 35.8 Å². The van der Waals surface area contributed by atoms with E-state index in [1.807, 2.05) is 38.1 Å². The highest BCUT2D eigenvalue weighted by Gasteiger charge is 2.15. The summed E-state index contributed by atoms with van der Waals surface area (Å²) < 4.78 is 5.19. The van der Waals surface area contributed by atoms with Crippen molar-refractivity contribution in [2.24, 2.45) is 0 Å². The van der Waals surface area contributed by atoms with E-state index in [1.54, 1.807) is 19.2 Å². The van der Waals surface area contributed by atoms with Gasteiger partial charge >= 0.3 is 5.97 Å². The lowest BCUT2D eigenvalue weighted by Crippen LogP contribution is -2.07. The SMILES string of the molecule is COc1cccc(-c2ccc(C(=O)O)c(C(C)C)n2)c1. The molecule has 0 radical (unpaired) electrons. The van der Waals surface area contributed by atoms with Crippen LogP contribution in [-0.4, -0.2) is 23.2 Å². The Labute approximate surface area is 118 Å². The molecule has 2 rings (SSSR count). The largest absolute Gasteiger partial charge is 0.497 e. The first kappa shape index (κ1) is 14.1. The summed E-state index contributed by atoms with van der Waals surface area (Å²) in [5.41, 5.74) is 2.50. The number of ether oxygens (including phenoxy) is 1. The molecule has 1 N–H and O–H groups in total. The minimum atomic E-state index is -0.946. The average molecular weight is 271 g/mol. The predicted molar refractivity (Wildman–Crippen MR) is 77.3 cm³/mol. The molecule has 1 heterocycles. The zero-order valence-corrected chi connectivity index (χ0v) is 11.8. The van der Waals surface area contributed by atoms with E-state index in [0.717, 1.165) is 17.0 Å². The van der Waals surface area contributed by atoms with Gasteiger partial charge in [-0.2, -0.15) is 0 Å². The number of aromatic nitrogens is 1. The highest BCUT2D eigenvalue weighted by molar-refractivity contribution is 5.89. The molecule has 2 aromatic rings. The van der Waals surface area contributed by atoms with Gasteiger partial charge in [-0.15, -0.1) is 0 Å². The molecule has 0 aliphatic rings. The molecule has 20 heavy (non-hydrogen) atoms. The predicted octanol–water partition coefficient (Wildman–Crippen LogP) is 3.58. The lowest BCUT2D eigenvalue weighted by molar-refractivity contribution is 0.0694. The maximum atomic E-state index is 11.2. The van der Waals surface area contributed by atoms with Crippen LogP contribution in [-0.2, 0) is 0 Å². The molecule has 0 amide bonds. The molecule has 0 saturated heterocycles. The topological polar surface area (TPSA) is 59.4 Å². The fourth-order valence-electron chi connectivity index (χ4n) is 2.04. The molecule has 0 unspecified atom stereocenters. The van der Waals surface area contributed by atoms with Gasteiger partial charge in [-0.3, -0.25) is 4.98 Å². The first-order valence-electron chi connectivity index (χ1n) is 6.41. The Bertz CT molecular complexity index is 635. The van der Waals surface area contributed by atoms with E-state index in [-0.39, 0.29) is 11.5 Å². The Morgan fingerprint density at radius 1 is 1.25 bits per heavy atom. The molecule has 0 fully saturated rings. The molecule has 4 nitrogen and oxygen atoms in total. The van der Waals surface area contributed by atoms with E-state index >= 15 is 0 Å². The zero-order valence-electron chi connectivity index (χ0n) is 11.8. The van der Waals surface area contributed by atoms with Crippen LogP contribution in [0, 0.1) is 0 Å². The van der Waals surface area contributed by atoms with Crippen molar-refractivity contribution in [1.29, 1.82) is 0 Å². The van der Waals surface area contributed by atoms with Crippen LogP contribution >= 0.6 is 0 Å². The Hall–Kier alpha value is -2.36. The molecule has 0 saturated carbocycles. The number of methoxy groups -OCH3 is 1. The van der Waals surface area contributed by atoms with Gasteiger partial charge in [0.2, 0.25) is 0 Å². The first-order valence-corrected chi connectivity index (χ1v) is 6.41. The minimum absolute atomic E-state index is 0.0478. The van der Waals surface area contributed by atoms with Crippen molar-refractivity contribution in [1.82, 2.24) is 4.98 Å². The Morgan fingerprint density at radius 2 is 2.00 bits per heavy atom. The van der Waals surface area contributed by atoms with Gasteiger partial charge in [-0.05, 0) is 30.2 Å². The summed E-state index contributed by atoms with van der Waals surface area (Å²) in [6.07, 6.45) is 0. The molecule has 0 atom stereocenters. The Morgan fingerprint density at radius 3 is 2.60 bits per heavy atom. The molecule has 0 aliphatic heterocycles. The number of pyridine rings is 1.